The number of carbonyl (C=O) groups excluding carboxylic acids is 1. The average molecular weight is 285 g/mol. The van der Waals surface area contributed by atoms with Crippen LogP contribution in [0.4, 0.5) is 13.2 Å². The molecule has 2 aliphatic heterocycles. The molecule has 0 saturated carbocycles. The van der Waals surface area contributed by atoms with Gasteiger partial charge < -0.3 is 4.74 Å². The first-order chi connectivity index (χ1) is 9.40. The molecule has 0 N–H and O–H groups in total. The Labute approximate surface area is 114 Å². The Morgan fingerprint density at radius 2 is 1.80 bits per heavy atom. The number of alkyl halides is 3. The van der Waals surface area contributed by atoms with Crippen molar-refractivity contribution in [2.24, 2.45) is 0 Å². The summed E-state index contributed by atoms with van der Waals surface area (Å²) in [5.74, 6) is 0.441. The molecule has 1 saturated heterocycles. The Morgan fingerprint density at radius 1 is 1.15 bits per heavy atom. The molecule has 2 aliphatic rings. The van der Waals surface area contributed by atoms with Gasteiger partial charge in [0.15, 0.2) is 5.78 Å². The number of halogens is 3. The van der Waals surface area contributed by atoms with Crippen molar-refractivity contribution in [3.8, 4) is 5.75 Å². The number of benzene rings is 1. The fraction of sp³-hybridized carbons (Fsp3) is 0.500. The summed E-state index contributed by atoms with van der Waals surface area (Å²) in [7, 11) is 0. The molecule has 0 aliphatic carbocycles. The number of likely N-dealkylation sites (tertiary alicyclic amines) is 1. The third kappa shape index (κ3) is 2.28. The Morgan fingerprint density at radius 3 is 2.45 bits per heavy atom. The largest absolute Gasteiger partial charge is 0.486 e. The summed E-state index contributed by atoms with van der Waals surface area (Å²) in [6, 6.07) is 6.90. The molecule has 0 atom stereocenters. The first-order valence-corrected chi connectivity index (χ1v) is 6.53. The molecule has 0 amide bonds. The van der Waals surface area contributed by atoms with E-state index in [2.05, 4.69) is 0 Å². The third-order valence-corrected chi connectivity index (χ3v) is 4.03. The van der Waals surface area contributed by atoms with E-state index in [1.807, 2.05) is 0 Å². The zero-order chi connectivity index (χ0) is 14.4. The van der Waals surface area contributed by atoms with Gasteiger partial charge in [-0.1, -0.05) is 12.1 Å². The number of fused-ring (bicyclic) bond motifs is 1. The van der Waals surface area contributed by atoms with Crippen molar-refractivity contribution in [3.05, 3.63) is 29.8 Å². The molecule has 6 heteroatoms. The molecule has 0 aromatic heterocycles. The molecular formula is C14H14F3NO2. The smallest absolute Gasteiger partial charge is 0.459 e. The molecule has 20 heavy (non-hydrogen) atoms. The van der Waals surface area contributed by atoms with Crippen LogP contribution in [0.15, 0.2) is 24.3 Å². The normalized spacial score (nSPS) is 22.4. The summed E-state index contributed by atoms with van der Waals surface area (Å²) in [6.07, 6.45) is -3.72. The summed E-state index contributed by atoms with van der Waals surface area (Å²) in [6.45, 7) is -0.252. The van der Waals surface area contributed by atoms with Crippen LogP contribution in [0.3, 0.4) is 0 Å². The van der Waals surface area contributed by atoms with Crippen molar-refractivity contribution in [1.82, 2.24) is 4.90 Å². The van der Waals surface area contributed by atoms with Gasteiger partial charge >= 0.3 is 6.30 Å². The number of rotatable bonds is 0. The Kier molecular flexibility index (Phi) is 3.01. The number of para-hydroxylation sites is 1. The topological polar surface area (TPSA) is 29.5 Å². The molecule has 1 spiro atoms. The number of hydrogen-bond acceptors (Lipinski definition) is 3. The highest BCUT2D eigenvalue weighted by atomic mass is 19.4. The molecule has 3 rings (SSSR count). The van der Waals surface area contributed by atoms with Gasteiger partial charge in [0, 0.05) is 25.9 Å². The van der Waals surface area contributed by atoms with Gasteiger partial charge in [0.1, 0.15) is 11.4 Å². The molecule has 108 valence electrons. The lowest BCUT2D eigenvalue weighted by atomic mass is 9.82. The first-order valence-electron chi connectivity index (χ1n) is 6.53. The minimum absolute atomic E-state index is 0.0488. The van der Waals surface area contributed by atoms with Crippen LogP contribution < -0.4 is 4.74 Å². The van der Waals surface area contributed by atoms with E-state index in [1.54, 1.807) is 24.3 Å². The zero-order valence-corrected chi connectivity index (χ0v) is 10.7. The van der Waals surface area contributed by atoms with Crippen LogP contribution >= 0.6 is 0 Å². The minimum Gasteiger partial charge on any atom is -0.486 e. The lowest BCUT2D eigenvalue weighted by molar-refractivity contribution is -0.256. The van der Waals surface area contributed by atoms with Gasteiger partial charge in [-0.25, -0.2) is 4.90 Å². The maximum Gasteiger partial charge on any atom is 0.459 e. The van der Waals surface area contributed by atoms with Gasteiger partial charge in [-0.05, 0) is 12.1 Å². The highest BCUT2D eigenvalue weighted by molar-refractivity contribution is 6.00. The minimum atomic E-state index is -4.31. The van der Waals surface area contributed by atoms with E-state index in [9.17, 15) is 18.0 Å². The predicted octanol–water partition coefficient (Wildman–Crippen LogP) is 3.01. The van der Waals surface area contributed by atoms with E-state index in [0.29, 0.717) is 16.2 Å². The Bertz CT molecular complexity index is 533. The van der Waals surface area contributed by atoms with E-state index < -0.39 is 11.9 Å². The average Bonchev–Trinajstić information content (AvgIpc) is 2.38. The predicted molar refractivity (Wildman–Crippen MR) is 65.6 cm³/mol. The van der Waals surface area contributed by atoms with Crippen molar-refractivity contribution < 1.29 is 22.7 Å². The second-order valence-electron chi connectivity index (χ2n) is 5.34. The molecule has 1 fully saturated rings. The zero-order valence-electron chi connectivity index (χ0n) is 10.7. The van der Waals surface area contributed by atoms with Gasteiger partial charge in [-0.15, -0.1) is 0 Å². The van der Waals surface area contributed by atoms with Gasteiger partial charge in [-0.3, -0.25) is 4.79 Å². The second-order valence-corrected chi connectivity index (χ2v) is 5.34. The molecular weight excluding hydrogens is 271 g/mol. The van der Waals surface area contributed by atoms with Crippen LogP contribution in [-0.2, 0) is 0 Å². The Balaban J connectivity index is 1.79. The maximum absolute atomic E-state index is 12.6. The van der Waals surface area contributed by atoms with Crippen molar-refractivity contribution in [2.45, 2.75) is 31.2 Å². The number of nitrogens with zero attached hydrogens (tertiary/aromatic N) is 1. The van der Waals surface area contributed by atoms with E-state index in [1.165, 1.54) is 0 Å². The lowest BCUT2D eigenvalue weighted by Gasteiger charge is -2.44. The molecule has 2 heterocycles. The van der Waals surface area contributed by atoms with Crippen molar-refractivity contribution in [3.63, 3.8) is 0 Å². The van der Waals surface area contributed by atoms with Gasteiger partial charge in [0.05, 0.1) is 12.0 Å². The Hall–Kier alpha value is -1.56. The number of ketones is 1. The van der Waals surface area contributed by atoms with Crippen LogP contribution in [0.1, 0.15) is 29.6 Å². The number of hydrogen-bond donors (Lipinski definition) is 0. The summed E-state index contributed by atoms with van der Waals surface area (Å²) < 4.78 is 43.8. The van der Waals surface area contributed by atoms with E-state index in [0.717, 1.165) is 0 Å². The van der Waals surface area contributed by atoms with E-state index in [4.69, 9.17) is 4.74 Å². The lowest BCUT2D eigenvalue weighted by Crippen LogP contribution is -2.54. The summed E-state index contributed by atoms with van der Waals surface area (Å²) in [5, 5.41) is 0. The SMILES string of the molecule is O=C1CC2(CCN(C(F)(F)F)CC2)Oc2ccccc21. The highest BCUT2D eigenvalue weighted by Gasteiger charge is 2.47. The number of piperidine rings is 1. The van der Waals surface area contributed by atoms with Crippen LogP contribution in [0, 0.1) is 0 Å². The molecule has 0 bridgehead atoms. The monoisotopic (exact) mass is 285 g/mol. The van der Waals surface area contributed by atoms with Crippen LogP contribution in [-0.4, -0.2) is 35.7 Å². The van der Waals surface area contributed by atoms with Crippen molar-refractivity contribution >= 4 is 5.78 Å². The van der Waals surface area contributed by atoms with Crippen LogP contribution in [0.2, 0.25) is 0 Å². The highest BCUT2D eigenvalue weighted by Crippen LogP contribution is 2.40. The van der Waals surface area contributed by atoms with Crippen molar-refractivity contribution in [2.75, 3.05) is 13.1 Å². The maximum atomic E-state index is 12.6. The summed E-state index contributed by atoms with van der Waals surface area (Å²) in [4.78, 5) is 12.6. The van der Waals surface area contributed by atoms with E-state index >= 15 is 0 Å². The molecule has 0 unspecified atom stereocenters. The number of ether oxygens (including phenoxy) is 1. The summed E-state index contributed by atoms with van der Waals surface area (Å²) >= 11 is 0. The molecule has 0 radical (unpaired) electrons. The quantitative estimate of drug-likeness (QED) is 0.686. The number of Topliss-reactive ketones (excluding diaryl/α,β-unsaturated/α-hetero) is 1. The molecule has 3 nitrogen and oxygen atoms in total. The second kappa shape index (κ2) is 4.48. The molecule has 1 aromatic carbocycles. The van der Waals surface area contributed by atoms with Gasteiger partial charge in [0.25, 0.3) is 0 Å². The van der Waals surface area contributed by atoms with Crippen molar-refractivity contribution in [1.29, 1.82) is 0 Å². The number of carbonyl (C=O) groups is 1. The summed E-state index contributed by atoms with van der Waals surface area (Å²) in [5.41, 5.74) is -0.246. The fourth-order valence-electron chi connectivity index (χ4n) is 2.89. The third-order valence-electron chi connectivity index (χ3n) is 4.03. The standard InChI is InChI=1S/C14H14F3NO2/c15-14(16,17)18-7-5-13(6-8-18)9-11(19)10-3-1-2-4-12(10)20-13/h1-4H,5-9H2. The van der Waals surface area contributed by atoms with Crippen LogP contribution in [0.25, 0.3) is 0 Å². The van der Waals surface area contributed by atoms with Gasteiger partial charge in [-0.2, -0.15) is 13.2 Å². The van der Waals surface area contributed by atoms with Gasteiger partial charge in [0.2, 0.25) is 0 Å². The van der Waals surface area contributed by atoms with E-state index in [-0.39, 0.29) is 38.1 Å². The fourth-order valence-corrected chi connectivity index (χ4v) is 2.89. The first kappa shape index (κ1) is 13.4. The van der Waals surface area contributed by atoms with Crippen LogP contribution in [0.5, 0.6) is 5.75 Å². The molecule has 1 aromatic rings.